The Kier molecular flexibility index (Phi) is 3.52. The fourth-order valence-corrected chi connectivity index (χ4v) is 2.16. The maximum absolute atomic E-state index is 6.12. The van der Waals surface area contributed by atoms with Crippen LogP contribution in [0, 0.1) is 5.41 Å². The summed E-state index contributed by atoms with van der Waals surface area (Å²) < 4.78 is 6.12. The molecule has 15 heavy (non-hydrogen) atoms. The van der Waals surface area contributed by atoms with Gasteiger partial charge in [0.05, 0.1) is 6.10 Å². The lowest BCUT2D eigenvalue weighted by Gasteiger charge is -2.50. The molecule has 0 radical (unpaired) electrons. The summed E-state index contributed by atoms with van der Waals surface area (Å²) in [5.74, 6) is 0. The molecule has 0 aromatic carbocycles. The fourth-order valence-electron chi connectivity index (χ4n) is 2.16. The molecule has 1 rings (SSSR count). The molecule has 1 heterocycles. The molecule has 1 saturated heterocycles. The predicted octanol–water partition coefficient (Wildman–Crippen LogP) is 3.27. The first-order valence-electron chi connectivity index (χ1n) is 6.04. The summed E-state index contributed by atoms with van der Waals surface area (Å²) in [6.45, 7) is 16.9. The molecule has 0 bridgehead atoms. The maximum Gasteiger partial charge on any atom is 0.116 e. The van der Waals surface area contributed by atoms with Gasteiger partial charge in [0.25, 0.3) is 0 Å². The van der Waals surface area contributed by atoms with E-state index in [1.165, 1.54) is 0 Å². The highest BCUT2D eigenvalue weighted by Gasteiger charge is 2.40. The quantitative estimate of drug-likeness (QED) is 0.612. The van der Waals surface area contributed by atoms with Gasteiger partial charge < -0.3 is 4.74 Å². The van der Waals surface area contributed by atoms with E-state index in [9.17, 15) is 0 Å². The zero-order valence-electron chi connectivity index (χ0n) is 11.4. The fraction of sp³-hybridized carbons (Fsp3) is 1.00. The zero-order chi connectivity index (χ0) is 11.9. The van der Waals surface area contributed by atoms with Crippen LogP contribution < -0.4 is 0 Å². The Balaban J connectivity index is 2.85. The zero-order valence-corrected chi connectivity index (χ0v) is 11.4. The number of nitrogens with zero attached hydrogens (tertiary/aromatic N) is 1. The van der Waals surface area contributed by atoms with E-state index in [1.54, 1.807) is 0 Å². The van der Waals surface area contributed by atoms with Crippen LogP contribution >= 0.6 is 0 Å². The molecule has 0 aromatic heterocycles. The van der Waals surface area contributed by atoms with Crippen LogP contribution in [0.3, 0.4) is 0 Å². The summed E-state index contributed by atoms with van der Waals surface area (Å²) >= 11 is 0. The standard InChI is InChI=1S/C13H27NO/c1-10-8-9-14(13(5,6)7)11(15-10)12(2,3)4/h10-11H,8-9H2,1-7H3. The minimum atomic E-state index is 0.183. The largest absolute Gasteiger partial charge is 0.360 e. The minimum absolute atomic E-state index is 0.183. The van der Waals surface area contributed by atoms with Crippen LogP contribution in [0.2, 0.25) is 0 Å². The highest BCUT2D eigenvalue weighted by molar-refractivity contribution is 4.88. The van der Waals surface area contributed by atoms with Crippen molar-refractivity contribution in [3.05, 3.63) is 0 Å². The molecule has 0 amide bonds. The Morgan fingerprint density at radius 2 is 1.60 bits per heavy atom. The van der Waals surface area contributed by atoms with E-state index in [1.807, 2.05) is 0 Å². The van der Waals surface area contributed by atoms with E-state index in [0.29, 0.717) is 6.10 Å². The van der Waals surface area contributed by atoms with Crippen LogP contribution in [0.1, 0.15) is 54.9 Å². The van der Waals surface area contributed by atoms with E-state index in [0.717, 1.165) is 13.0 Å². The third kappa shape index (κ3) is 3.18. The highest BCUT2D eigenvalue weighted by atomic mass is 16.5. The van der Waals surface area contributed by atoms with Gasteiger partial charge in [-0.1, -0.05) is 20.8 Å². The number of rotatable bonds is 0. The summed E-state index contributed by atoms with van der Waals surface area (Å²) in [5.41, 5.74) is 0.375. The topological polar surface area (TPSA) is 12.5 Å². The highest BCUT2D eigenvalue weighted by Crippen LogP contribution is 2.34. The van der Waals surface area contributed by atoms with Crippen LogP contribution in [-0.2, 0) is 4.74 Å². The van der Waals surface area contributed by atoms with E-state index < -0.39 is 0 Å². The summed E-state index contributed by atoms with van der Waals surface area (Å²) in [6.07, 6.45) is 1.78. The molecular weight excluding hydrogens is 186 g/mol. The molecule has 2 unspecified atom stereocenters. The average molecular weight is 213 g/mol. The maximum atomic E-state index is 6.12. The summed E-state index contributed by atoms with van der Waals surface area (Å²) in [5, 5.41) is 0. The van der Waals surface area contributed by atoms with Crippen LogP contribution in [-0.4, -0.2) is 29.3 Å². The lowest BCUT2D eigenvalue weighted by molar-refractivity contribution is -0.203. The first-order valence-corrected chi connectivity index (χ1v) is 6.04. The Bertz CT molecular complexity index is 212. The van der Waals surface area contributed by atoms with Gasteiger partial charge in [-0.3, -0.25) is 4.90 Å². The molecule has 2 heteroatoms. The first-order chi connectivity index (χ1) is 6.62. The summed E-state index contributed by atoms with van der Waals surface area (Å²) in [7, 11) is 0. The van der Waals surface area contributed by atoms with Gasteiger partial charge >= 0.3 is 0 Å². The Morgan fingerprint density at radius 3 is 2.00 bits per heavy atom. The van der Waals surface area contributed by atoms with Crippen molar-refractivity contribution in [3.63, 3.8) is 0 Å². The first kappa shape index (κ1) is 13.0. The van der Waals surface area contributed by atoms with E-state index in [2.05, 4.69) is 53.4 Å². The molecule has 0 spiro atoms. The van der Waals surface area contributed by atoms with Crippen molar-refractivity contribution in [1.82, 2.24) is 4.90 Å². The third-order valence-corrected chi connectivity index (χ3v) is 3.02. The van der Waals surface area contributed by atoms with Crippen molar-refractivity contribution in [2.45, 2.75) is 72.8 Å². The van der Waals surface area contributed by atoms with Gasteiger partial charge in [-0.15, -0.1) is 0 Å². The van der Waals surface area contributed by atoms with Crippen molar-refractivity contribution < 1.29 is 4.74 Å². The van der Waals surface area contributed by atoms with Crippen LogP contribution in [0.25, 0.3) is 0 Å². The van der Waals surface area contributed by atoms with Crippen molar-refractivity contribution in [2.75, 3.05) is 6.54 Å². The monoisotopic (exact) mass is 213 g/mol. The van der Waals surface area contributed by atoms with Crippen molar-refractivity contribution in [1.29, 1.82) is 0 Å². The van der Waals surface area contributed by atoms with Gasteiger partial charge in [0, 0.05) is 17.5 Å². The Hall–Kier alpha value is -0.0800. The summed E-state index contributed by atoms with van der Waals surface area (Å²) in [4.78, 5) is 2.49. The van der Waals surface area contributed by atoms with Gasteiger partial charge in [-0.2, -0.15) is 0 Å². The molecule has 0 aliphatic carbocycles. The minimum Gasteiger partial charge on any atom is -0.360 e. The van der Waals surface area contributed by atoms with Crippen molar-refractivity contribution in [2.24, 2.45) is 5.41 Å². The van der Waals surface area contributed by atoms with Crippen LogP contribution in [0.15, 0.2) is 0 Å². The Morgan fingerprint density at radius 1 is 1.07 bits per heavy atom. The van der Waals surface area contributed by atoms with Crippen LogP contribution in [0.4, 0.5) is 0 Å². The molecule has 90 valence electrons. The molecule has 2 atom stereocenters. The van der Waals surface area contributed by atoms with Crippen molar-refractivity contribution in [3.8, 4) is 0 Å². The van der Waals surface area contributed by atoms with Gasteiger partial charge in [-0.05, 0) is 34.1 Å². The Labute approximate surface area is 95.0 Å². The van der Waals surface area contributed by atoms with Gasteiger partial charge in [0.2, 0.25) is 0 Å². The van der Waals surface area contributed by atoms with E-state index >= 15 is 0 Å². The van der Waals surface area contributed by atoms with E-state index in [4.69, 9.17) is 4.74 Å². The smallest absolute Gasteiger partial charge is 0.116 e. The molecule has 1 aliphatic rings. The average Bonchev–Trinajstić information content (AvgIpc) is 2.00. The third-order valence-electron chi connectivity index (χ3n) is 3.02. The molecular formula is C13H27NO. The second-order valence-electron chi connectivity index (χ2n) is 6.82. The second kappa shape index (κ2) is 4.06. The number of hydrogen-bond donors (Lipinski definition) is 0. The van der Waals surface area contributed by atoms with Crippen LogP contribution in [0.5, 0.6) is 0 Å². The lowest BCUT2D eigenvalue weighted by atomic mass is 9.88. The number of ether oxygens (including phenoxy) is 1. The normalized spacial score (nSPS) is 30.6. The molecule has 0 N–H and O–H groups in total. The van der Waals surface area contributed by atoms with Gasteiger partial charge in [0.1, 0.15) is 6.23 Å². The SMILES string of the molecule is CC1CCN(C(C)(C)C)C(C(C)(C)C)O1. The second-order valence-corrected chi connectivity index (χ2v) is 6.82. The number of hydrogen-bond acceptors (Lipinski definition) is 2. The molecule has 0 saturated carbocycles. The molecule has 0 aromatic rings. The predicted molar refractivity (Wildman–Crippen MR) is 64.9 cm³/mol. The van der Waals surface area contributed by atoms with Gasteiger partial charge in [-0.25, -0.2) is 0 Å². The van der Waals surface area contributed by atoms with E-state index in [-0.39, 0.29) is 17.2 Å². The molecule has 1 aliphatic heterocycles. The summed E-state index contributed by atoms with van der Waals surface area (Å²) in [6, 6.07) is 0. The van der Waals surface area contributed by atoms with Crippen molar-refractivity contribution >= 4 is 0 Å². The molecule has 1 fully saturated rings. The molecule has 2 nitrogen and oxygen atoms in total. The van der Waals surface area contributed by atoms with Gasteiger partial charge in [0.15, 0.2) is 0 Å². The lowest BCUT2D eigenvalue weighted by Crippen LogP contribution is -2.58.